The van der Waals surface area contributed by atoms with E-state index in [1.807, 2.05) is 99.7 Å². The molecule has 0 aliphatic carbocycles. The Morgan fingerprint density at radius 2 is 1.81 bits per heavy atom. The number of hydrogen-bond acceptors (Lipinski definition) is 4. The molecule has 4 aromatic rings. The molecule has 3 atom stereocenters. The molecule has 0 bridgehead atoms. The molecular weight excluding hydrogens is 538 g/mol. The standard InChI is InChI=1S/C35H43N5O3/c1-5-43-32-18-17-26(23-39(3)4)21-31(32)37-34(41)33(24(2)29-22-36-30-16-10-9-15-28(29)30)38-35(42)40-19-11-14-27(40)20-25-12-7-6-8-13-25/h6-10,12-13,15-18,21-22,24,27,33,36H,5,11,14,19-20,23H2,1-4H3,(H,37,41)(H,38,42)/t24-,27?,33-/m1/s1. The zero-order chi connectivity index (χ0) is 30.3. The Kier molecular flexibility index (Phi) is 9.67. The third kappa shape index (κ3) is 7.20. The minimum absolute atomic E-state index is 0.0850. The van der Waals surface area contributed by atoms with Gasteiger partial charge in [0, 0.05) is 42.1 Å². The number of ether oxygens (including phenoxy) is 1. The molecule has 3 aromatic carbocycles. The van der Waals surface area contributed by atoms with Crippen molar-refractivity contribution in [1.82, 2.24) is 20.1 Å². The van der Waals surface area contributed by atoms with Crippen LogP contribution in [0, 0.1) is 0 Å². The Bertz CT molecular complexity index is 1530. The molecular formula is C35H43N5O3. The highest BCUT2D eigenvalue weighted by Crippen LogP contribution is 2.31. The highest BCUT2D eigenvalue weighted by molar-refractivity contribution is 5.99. The number of para-hydroxylation sites is 1. The fourth-order valence-electron chi connectivity index (χ4n) is 6.12. The van der Waals surface area contributed by atoms with E-state index in [9.17, 15) is 9.59 Å². The highest BCUT2D eigenvalue weighted by Gasteiger charge is 2.35. The molecule has 3 N–H and O–H groups in total. The number of hydrogen-bond donors (Lipinski definition) is 3. The number of rotatable bonds is 11. The van der Waals surface area contributed by atoms with E-state index in [-0.39, 0.29) is 23.9 Å². The zero-order valence-electron chi connectivity index (χ0n) is 25.6. The lowest BCUT2D eigenvalue weighted by atomic mass is 9.92. The third-order valence-electron chi connectivity index (χ3n) is 8.23. The van der Waals surface area contributed by atoms with Crippen LogP contribution < -0.4 is 15.4 Å². The number of amides is 3. The minimum Gasteiger partial charge on any atom is -0.492 e. The summed E-state index contributed by atoms with van der Waals surface area (Å²) in [6.07, 6.45) is 4.61. The maximum Gasteiger partial charge on any atom is 0.318 e. The maximum absolute atomic E-state index is 14.2. The van der Waals surface area contributed by atoms with Crippen LogP contribution >= 0.6 is 0 Å². The van der Waals surface area contributed by atoms with Crippen LogP contribution in [-0.4, -0.2) is 66.1 Å². The van der Waals surface area contributed by atoms with E-state index in [0.29, 0.717) is 24.6 Å². The molecule has 3 amide bonds. The van der Waals surface area contributed by atoms with Crippen molar-refractivity contribution in [3.63, 3.8) is 0 Å². The van der Waals surface area contributed by atoms with Crippen molar-refractivity contribution < 1.29 is 14.3 Å². The second kappa shape index (κ2) is 13.8. The Labute approximate surface area is 254 Å². The van der Waals surface area contributed by atoms with Gasteiger partial charge >= 0.3 is 6.03 Å². The molecule has 43 heavy (non-hydrogen) atoms. The largest absolute Gasteiger partial charge is 0.492 e. The lowest BCUT2D eigenvalue weighted by Gasteiger charge is -2.30. The molecule has 226 valence electrons. The molecule has 0 radical (unpaired) electrons. The SMILES string of the molecule is CCOc1ccc(CN(C)C)cc1NC(=O)[C@H](NC(=O)N1CCCC1Cc1ccccc1)[C@H](C)c1c[nH]c2ccccc12. The molecule has 8 nitrogen and oxygen atoms in total. The van der Waals surface area contributed by atoms with Crippen LogP contribution in [0.1, 0.15) is 49.3 Å². The number of urea groups is 1. The van der Waals surface area contributed by atoms with Gasteiger partial charge in [-0.1, -0.05) is 61.5 Å². The average Bonchev–Trinajstić information content (AvgIpc) is 3.64. The van der Waals surface area contributed by atoms with Gasteiger partial charge in [0.1, 0.15) is 11.8 Å². The first-order chi connectivity index (χ1) is 20.8. The molecule has 1 saturated heterocycles. The van der Waals surface area contributed by atoms with Crippen LogP contribution in [0.25, 0.3) is 10.9 Å². The van der Waals surface area contributed by atoms with E-state index < -0.39 is 6.04 Å². The summed E-state index contributed by atoms with van der Waals surface area (Å²) in [7, 11) is 4.01. The summed E-state index contributed by atoms with van der Waals surface area (Å²) >= 11 is 0. The summed E-state index contributed by atoms with van der Waals surface area (Å²) in [6, 6.07) is 23.2. The van der Waals surface area contributed by atoms with E-state index in [0.717, 1.165) is 47.8 Å². The van der Waals surface area contributed by atoms with Crippen LogP contribution in [0.4, 0.5) is 10.5 Å². The first-order valence-electron chi connectivity index (χ1n) is 15.2. The molecule has 1 aromatic heterocycles. The number of nitrogens with one attached hydrogen (secondary N) is 3. The lowest BCUT2D eigenvalue weighted by molar-refractivity contribution is -0.118. The van der Waals surface area contributed by atoms with E-state index >= 15 is 0 Å². The molecule has 5 rings (SSSR count). The first-order valence-corrected chi connectivity index (χ1v) is 15.2. The summed E-state index contributed by atoms with van der Waals surface area (Å²) in [6.45, 7) is 5.78. The fraction of sp³-hybridized carbons (Fsp3) is 0.371. The summed E-state index contributed by atoms with van der Waals surface area (Å²) in [5, 5.41) is 7.31. The predicted octanol–water partition coefficient (Wildman–Crippen LogP) is 6.16. The number of nitrogens with zero attached hydrogens (tertiary/aromatic N) is 2. The third-order valence-corrected chi connectivity index (χ3v) is 8.23. The number of fused-ring (bicyclic) bond motifs is 1. The van der Waals surface area contributed by atoms with E-state index in [2.05, 4.69) is 32.7 Å². The van der Waals surface area contributed by atoms with Crippen molar-refractivity contribution in [1.29, 1.82) is 0 Å². The molecule has 0 spiro atoms. The average molecular weight is 582 g/mol. The zero-order valence-corrected chi connectivity index (χ0v) is 25.6. The van der Waals surface area contributed by atoms with Crippen LogP contribution in [-0.2, 0) is 17.8 Å². The van der Waals surface area contributed by atoms with Crippen molar-refractivity contribution in [2.24, 2.45) is 0 Å². The quantitative estimate of drug-likeness (QED) is 0.198. The number of carbonyl (C=O) groups is 2. The molecule has 1 aliphatic heterocycles. The Hall–Kier alpha value is -4.30. The lowest BCUT2D eigenvalue weighted by Crippen LogP contribution is -2.53. The van der Waals surface area contributed by atoms with Gasteiger partial charge in [0.05, 0.1) is 12.3 Å². The van der Waals surface area contributed by atoms with Crippen molar-refractivity contribution in [2.45, 2.75) is 57.7 Å². The van der Waals surface area contributed by atoms with Crippen molar-refractivity contribution >= 4 is 28.5 Å². The second-order valence-corrected chi connectivity index (χ2v) is 11.7. The number of carbonyl (C=O) groups excluding carboxylic acids is 2. The molecule has 1 aliphatic rings. The van der Waals surface area contributed by atoms with Crippen molar-refractivity contribution in [3.05, 3.63) is 95.7 Å². The minimum atomic E-state index is -0.823. The van der Waals surface area contributed by atoms with Crippen molar-refractivity contribution in [2.75, 3.05) is 32.6 Å². The Morgan fingerprint density at radius 3 is 2.58 bits per heavy atom. The number of aromatic nitrogens is 1. The number of H-pyrrole nitrogens is 1. The van der Waals surface area contributed by atoms with Gasteiger partial charge in [0.15, 0.2) is 0 Å². The smallest absolute Gasteiger partial charge is 0.318 e. The van der Waals surface area contributed by atoms with Crippen LogP contribution in [0.5, 0.6) is 5.75 Å². The Balaban J connectivity index is 1.43. The van der Waals surface area contributed by atoms with Gasteiger partial charge in [-0.3, -0.25) is 4.79 Å². The predicted molar refractivity (Wildman–Crippen MR) is 173 cm³/mol. The number of benzene rings is 3. The van der Waals surface area contributed by atoms with Gasteiger partial charge in [-0.15, -0.1) is 0 Å². The van der Waals surface area contributed by atoms with Gasteiger partial charge in [-0.2, -0.15) is 0 Å². The Morgan fingerprint density at radius 1 is 1.05 bits per heavy atom. The number of aromatic amines is 1. The van der Waals surface area contributed by atoms with E-state index in [1.165, 1.54) is 5.56 Å². The first kappa shape index (κ1) is 30.2. The number of likely N-dealkylation sites (tertiary alicyclic amines) is 1. The van der Waals surface area contributed by atoms with Crippen LogP contribution in [0.3, 0.4) is 0 Å². The molecule has 2 heterocycles. The van der Waals surface area contributed by atoms with Gasteiger partial charge in [-0.25, -0.2) is 4.79 Å². The molecule has 1 fully saturated rings. The van der Waals surface area contributed by atoms with Crippen LogP contribution in [0.15, 0.2) is 79.0 Å². The maximum atomic E-state index is 14.2. The molecule has 0 saturated carbocycles. The molecule has 1 unspecified atom stereocenters. The summed E-state index contributed by atoms with van der Waals surface area (Å²) < 4.78 is 5.87. The van der Waals surface area contributed by atoms with Gasteiger partial charge < -0.3 is 30.2 Å². The van der Waals surface area contributed by atoms with Gasteiger partial charge in [0.25, 0.3) is 0 Å². The topological polar surface area (TPSA) is 89.7 Å². The highest BCUT2D eigenvalue weighted by atomic mass is 16.5. The summed E-state index contributed by atoms with van der Waals surface area (Å²) in [5.74, 6) is 0.00863. The van der Waals surface area contributed by atoms with Crippen molar-refractivity contribution in [3.8, 4) is 5.75 Å². The van der Waals surface area contributed by atoms with Gasteiger partial charge in [0.2, 0.25) is 5.91 Å². The second-order valence-electron chi connectivity index (χ2n) is 11.7. The summed E-state index contributed by atoms with van der Waals surface area (Å²) in [5.41, 5.74) is 4.82. The normalized spacial score (nSPS) is 16.3. The fourth-order valence-corrected chi connectivity index (χ4v) is 6.12. The monoisotopic (exact) mass is 581 g/mol. The number of anilines is 1. The van der Waals surface area contributed by atoms with E-state index in [4.69, 9.17) is 4.74 Å². The van der Waals surface area contributed by atoms with Gasteiger partial charge in [-0.05, 0) is 75.2 Å². The summed E-state index contributed by atoms with van der Waals surface area (Å²) in [4.78, 5) is 35.4. The van der Waals surface area contributed by atoms with Crippen LogP contribution in [0.2, 0.25) is 0 Å². The van der Waals surface area contributed by atoms with E-state index in [1.54, 1.807) is 0 Å². The molecule has 8 heteroatoms.